The van der Waals surface area contributed by atoms with E-state index in [1.54, 1.807) is 42.5 Å². The van der Waals surface area contributed by atoms with Gasteiger partial charge in [0.25, 0.3) is 5.91 Å². The SMILES string of the molecule is NC1C(C(=O)NCC(O)(CNC(=O)c2ccccc2)C(F)(F)F)C=NN1c1ccc(Cl)cc1. The Morgan fingerprint density at radius 3 is 2.27 bits per heavy atom. The van der Waals surface area contributed by atoms with Crippen LogP contribution in [-0.2, 0) is 4.79 Å². The molecule has 0 bridgehead atoms. The summed E-state index contributed by atoms with van der Waals surface area (Å²) in [5.41, 5.74) is 3.31. The van der Waals surface area contributed by atoms with Crippen LogP contribution in [0.25, 0.3) is 0 Å². The van der Waals surface area contributed by atoms with Gasteiger partial charge in [-0.3, -0.25) is 9.59 Å². The van der Waals surface area contributed by atoms with Crippen LogP contribution in [0.15, 0.2) is 59.7 Å². The van der Waals surface area contributed by atoms with Crippen LogP contribution >= 0.6 is 11.6 Å². The number of rotatable bonds is 7. The number of halogens is 4. The average molecular weight is 484 g/mol. The molecule has 12 heteroatoms. The van der Waals surface area contributed by atoms with Crippen LogP contribution in [0, 0.1) is 5.92 Å². The van der Waals surface area contributed by atoms with E-state index < -0.39 is 48.8 Å². The molecule has 2 amide bonds. The standard InChI is InChI=1S/C21H21ClF3N5O3/c22-14-6-8-15(9-7-14)30-17(26)16(10-29-30)19(32)28-12-20(33,21(23,24)25)11-27-18(31)13-4-2-1-3-5-13/h1-10,16-17,33H,11-12,26H2,(H,27,31)(H,28,32). The maximum Gasteiger partial charge on any atom is 0.420 e. The smallest absolute Gasteiger partial charge is 0.378 e. The lowest BCUT2D eigenvalue weighted by Crippen LogP contribution is -2.60. The van der Waals surface area contributed by atoms with Gasteiger partial charge in [0.1, 0.15) is 12.1 Å². The maximum atomic E-state index is 13.6. The van der Waals surface area contributed by atoms with Gasteiger partial charge < -0.3 is 21.5 Å². The van der Waals surface area contributed by atoms with Crippen LogP contribution in [0.2, 0.25) is 5.02 Å². The first-order valence-corrected chi connectivity index (χ1v) is 10.1. The van der Waals surface area contributed by atoms with Gasteiger partial charge in [0.05, 0.1) is 18.8 Å². The van der Waals surface area contributed by atoms with Crippen molar-refractivity contribution in [2.45, 2.75) is 17.9 Å². The van der Waals surface area contributed by atoms with Crippen molar-refractivity contribution in [2.24, 2.45) is 16.8 Å². The van der Waals surface area contributed by atoms with Gasteiger partial charge in [0, 0.05) is 16.8 Å². The summed E-state index contributed by atoms with van der Waals surface area (Å²) >= 11 is 5.84. The first-order valence-electron chi connectivity index (χ1n) is 9.76. The minimum absolute atomic E-state index is 0.126. The molecule has 0 fully saturated rings. The van der Waals surface area contributed by atoms with E-state index in [0.29, 0.717) is 10.7 Å². The summed E-state index contributed by atoms with van der Waals surface area (Å²) in [6.45, 7) is -2.35. The zero-order valence-electron chi connectivity index (χ0n) is 17.1. The average Bonchev–Trinajstić information content (AvgIpc) is 3.17. The minimum Gasteiger partial charge on any atom is -0.378 e. The number of amides is 2. The highest BCUT2D eigenvalue weighted by Gasteiger charge is 2.54. The van der Waals surface area contributed by atoms with Crippen molar-refractivity contribution in [3.8, 4) is 0 Å². The highest BCUT2D eigenvalue weighted by atomic mass is 35.5. The Balaban J connectivity index is 1.62. The second-order valence-electron chi connectivity index (χ2n) is 7.40. The van der Waals surface area contributed by atoms with Gasteiger partial charge in [-0.2, -0.15) is 18.3 Å². The Morgan fingerprint density at radius 1 is 1.06 bits per heavy atom. The zero-order valence-corrected chi connectivity index (χ0v) is 17.8. The molecule has 1 heterocycles. The number of benzene rings is 2. The maximum absolute atomic E-state index is 13.6. The van der Waals surface area contributed by atoms with E-state index in [9.17, 15) is 27.9 Å². The molecule has 2 aromatic rings. The molecule has 3 rings (SSSR count). The minimum atomic E-state index is -5.13. The number of carbonyl (C=O) groups is 2. The molecule has 0 aliphatic carbocycles. The first kappa shape index (κ1) is 24.5. The fourth-order valence-corrected chi connectivity index (χ4v) is 3.17. The van der Waals surface area contributed by atoms with E-state index in [1.165, 1.54) is 23.4 Å². The van der Waals surface area contributed by atoms with Crippen molar-refractivity contribution >= 4 is 35.3 Å². The van der Waals surface area contributed by atoms with Crippen LogP contribution in [0.4, 0.5) is 18.9 Å². The number of nitrogens with two attached hydrogens (primary N) is 1. The lowest BCUT2D eigenvalue weighted by Gasteiger charge is -2.31. The topological polar surface area (TPSA) is 120 Å². The molecular formula is C21H21ClF3N5O3. The van der Waals surface area contributed by atoms with E-state index in [2.05, 4.69) is 15.7 Å². The largest absolute Gasteiger partial charge is 0.420 e. The molecule has 33 heavy (non-hydrogen) atoms. The highest BCUT2D eigenvalue weighted by Crippen LogP contribution is 2.30. The Kier molecular flexibility index (Phi) is 7.25. The second kappa shape index (κ2) is 9.77. The van der Waals surface area contributed by atoms with E-state index in [1.807, 2.05) is 0 Å². The fraction of sp³-hybridized carbons (Fsp3) is 0.286. The van der Waals surface area contributed by atoms with Crippen molar-refractivity contribution in [3.05, 3.63) is 65.2 Å². The molecule has 2 aromatic carbocycles. The Bertz CT molecular complexity index is 1020. The van der Waals surface area contributed by atoms with Crippen LogP contribution in [0.5, 0.6) is 0 Å². The molecule has 176 valence electrons. The van der Waals surface area contributed by atoms with Crippen LogP contribution in [0.1, 0.15) is 10.4 Å². The first-order chi connectivity index (χ1) is 15.5. The molecule has 0 aromatic heterocycles. The molecule has 5 N–H and O–H groups in total. The van der Waals surface area contributed by atoms with Crippen molar-refractivity contribution in [1.29, 1.82) is 0 Å². The van der Waals surface area contributed by atoms with Gasteiger partial charge in [-0.25, -0.2) is 5.01 Å². The molecule has 0 radical (unpaired) electrons. The van der Waals surface area contributed by atoms with Gasteiger partial charge in [0.15, 0.2) is 5.60 Å². The van der Waals surface area contributed by atoms with Gasteiger partial charge in [-0.05, 0) is 36.4 Å². The van der Waals surface area contributed by atoms with Gasteiger partial charge in [-0.15, -0.1) is 0 Å². The molecule has 0 saturated carbocycles. The number of nitrogens with zero attached hydrogens (tertiary/aromatic N) is 2. The summed E-state index contributed by atoms with van der Waals surface area (Å²) in [6, 6.07) is 14.0. The summed E-state index contributed by atoms with van der Waals surface area (Å²) in [5, 5.41) is 20.2. The predicted octanol–water partition coefficient (Wildman–Crippen LogP) is 1.89. The molecule has 8 nitrogen and oxygen atoms in total. The molecule has 3 atom stereocenters. The van der Waals surface area contributed by atoms with Crippen molar-refractivity contribution < 1.29 is 27.9 Å². The van der Waals surface area contributed by atoms with Crippen molar-refractivity contribution in [3.63, 3.8) is 0 Å². The van der Waals surface area contributed by atoms with E-state index in [4.69, 9.17) is 17.3 Å². The summed E-state index contributed by atoms with van der Waals surface area (Å²) < 4.78 is 40.7. The number of hydrogen-bond donors (Lipinski definition) is 4. The Morgan fingerprint density at radius 2 is 1.67 bits per heavy atom. The number of aliphatic hydroxyl groups is 1. The number of carbonyl (C=O) groups excluding carboxylic acids is 2. The summed E-state index contributed by atoms with van der Waals surface area (Å²) in [7, 11) is 0. The Labute approximate surface area is 192 Å². The zero-order chi connectivity index (χ0) is 24.2. The van der Waals surface area contributed by atoms with E-state index in [0.717, 1.165) is 0 Å². The van der Waals surface area contributed by atoms with Crippen LogP contribution in [0.3, 0.4) is 0 Å². The predicted molar refractivity (Wildman–Crippen MR) is 117 cm³/mol. The fourth-order valence-electron chi connectivity index (χ4n) is 3.05. The normalized spacial score (nSPS) is 19.8. The third-order valence-electron chi connectivity index (χ3n) is 5.06. The lowest BCUT2D eigenvalue weighted by molar-refractivity contribution is -0.254. The summed E-state index contributed by atoms with van der Waals surface area (Å²) in [5.74, 6) is -2.73. The third-order valence-corrected chi connectivity index (χ3v) is 5.31. The highest BCUT2D eigenvalue weighted by molar-refractivity contribution is 6.30. The number of hydrogen-bond acceptors (Lipinski definition) is 6. The molecule has 0 spiro atoms. The lowest BCUT2D eigenvalue weighted by atomic mass is 10.0. The van der Waals surface area contributed by atoms with Gasteiger partial charge >= 0.3 is 6.18 Å². The Hall–Kier alpha value is -3.15. The molecule has 1 aliphatic heterocycles. The number of hydrazone groups is 1. The molecule has 0 saturated heterocycles. The summed E-state index contributed by atoms with van der Waals surface area (Å²) in [6.07, 6.45) is -4.91. The van der Waals surface area contributed by atoms with Crippen molar-refractivity contribution in [1.82, 2.24) is 10.6 Å². The molecule has 1 aliphatic rings. The monoisotopic (exact) mass is 483 g/mol. The van der Waals surface area contributed by atoms with Crippen LogP contribution in [-0.4, -0.2) is 54.2 Å². The van der Waals surface area contributed by atoms with E-state index in [-0.39, 0.29) is 5.56 Å². The summed E-state index contributed by atoms with van der Waals surface area (Å²) in [4.78, 5) is 24.6. The number of anilines is 1. The van der Waals surface area contributed by atoms with E-state index >= 15 is 0 Å². The second-order valence-corrected chi connectivity index (χ2v) is 7.83. The number of alkyl halides is 3. The van der Waals surface area contributed by atoms with Gasteiger partial charge in [-0.1, -0.05) is 29.8 Å². The van der Waals surface area contributed by atoms with Crippen molar-refractivity contribution in [2.75, 3.05) is 18.1 Å². The number of nitrogens with one attached hydrogen (secondary N) is 2. The quantitative estimate of drug-likeness (QED) is 0.479. The van der Waals surface area contributed by atoms with Crippen LogP contribution < -0.4 is 21.4 Å². The van der Waals surface area contributed by atoms with Gasteiger partial charge in [0.2, 0.25) is 5.91 Å². The third kappa shape index (κ3) is 5.62. The molecule has 3 unspecified atom stereocenters. The molecular weight excluding hydrogens is 463 g/mol.